The minimum absolute atomic E-state index is 0.0151. The number of tetrazole rings is 1. The van der Waals surface area contributed by atoms with Gasteiger partial charge in [-0.3, -0.25) is 14.2 Å². The van der Waals surface area contributed by atoms with Gasteiger partial charge in [0.05, 0.1) is 24.3 Å². The Balaban J connectivity index is 1.47. The molecule has 0 bridgehead atoms. The fraction of sp³-hybridized carbons (Fsp3) is 0.333. The van der Waals surface area contributed by atoms with Crippen molar-refractivity contribution in [1.82, 2.24) is 35.1 Å². The molecule has 5 rings (SSSR count). The van der Waals surface area contributed by atoms with E-state index in [9.17, 15) is 9.59 Å². The molecule has 0 radical (unpaired) electrons. The number of benzene rings is 2. The zero-order chi connectivity index (χ0) is 25.1. The summed E-state index contributed by atoms with van der Waals surface area (Å²) < 4.78 is 1.79. The fourth-order valence-corrected chi connectivity index (χ4v) is 4.71. The summed E-state index contributed by atoms with van der Waals surface area (Å²) in [6.45, 7) is 5.06. The van der Waals surface area contributed by atoms with Crippen LogP contribution in [0.5, 0.6) is 0 Å². The van der Waals surface area contributed by atoms with E-state index in [-0.39, 0.29) is 11.5 Å². The Morgan fingerprint density at radius 3 is 2.56 bits per heavy atom. The number of aromatic nitrogens is 6. The Morgan fingerprint density at radius 1 is 1.08 bits per heavy atom. The third kappa shape index (κ3) is 4.68. The van der Waals surface area contributed by atoms with Gasteiger partial charge in [-0.25, -0.2) is 10.1 Å². The average Bonchev–Trinajstić information content (AvgIpc) is 3.44. The van der Waals surface area contributed by atoms with E-state index >= 15 is 0 Å². The first-order valence-corrected chi connectivity index (χ1v) is 12.3. The van der Waals surface area contributed by atoms with Crippen molar-refractivity contribution in [2.75, 3.05) is 6.54 Å². The van der Waals surface area contributed by atoms with Gasteiger partial charge in [0.25, 0.3) is 5.56 Å². The first-order valence-electron chi connectivity index (χ1n) is 12.3. The molecular weight excluding hydrogens is 454 g/mol. The van der Waals surface area contributed by atoms with Gasteiger partial charge in [-0.1, -0.05) is 61.9 Å². The van der Waals surface area contributed by atoms with Crippen molar-refractivity contribution in [3.05, 3.63) is 81.5 Å². The summed E-state index contributed by atoms with van der Waals surface area (Å²) in [6, 6.07) is 16.2. The van der Waals surface area contributed by atoms with Gasteiger partial charge in [-0.2, -0.15) is 0 Å². The number of carbonyl (C=O) groups is 1. The Morgan fingerprint density at radius 2 is 1.86 bits per heavy atom. The Kier molecular flexibility index (Phi) is 6.71. The van der Waals surface area contributed by atoms with Crippen molar-refractivity contribution in [1.29, 1.82) is 0 Å². The predicted molar refractivity (Wildman–Crippen MR) is 136 cm³/mol. The van der Waals surface area contributed by atoms with E-state index in [0.717, 1.165) is 53.0 Å². The summed E-state index contributed by atoms with van der Waals surface area (Å²) in [5.74, 6) is 1.42. The molecule has 0 saturated carbocycles. The summed E-state index contributed by atoms with van der Waals surface area (Å²) in [7, 11) is 0. The van der Waals surface area contributed by atoms with Crippen molar-refractivity contribution in [2.24, 2.45) is 0 Å². The second-order valence-electron chi connectivity index (χ2n) is 9.13. The molecule has 2 aromatic heterocycles. The maximum Gasteiger partial charge on any atom is 0.259 e. The third-order valence-corrected chi connectivity index (χ3v) is 6.73. The molecule has 0 atom stereocenters. The molecule has 9 nitrogen and oxygen atoms in total. The smallest absolute Gasteiger partial charge is 0.259 e. The molecule has 1 aliphatic rings. The summed E-state index contributed by atoms with van der Waals surface area (Å²) in [6.07, 6.45) is 3.38. The quantitative estimate of drug-likeness (QED) is 0.432. The van der Waals surface area contributed by atoms with E-state index in [0.29, 0.717) is 37.4 Å². The van der Waals surface area contributed by atoms with Gasteiger partial charge in [0.15, 0.2) is 5.82 Å². The molecule has 0 unspecified atom stereocenters. The van der Waals surface area contributed by atoms with Crippen LogP contribution in [0.4, 0.5) is 0 Å². The number of nitrogens with zero attached hydrogens (tertiary/aromatic N) is 6. The topological polar surface area (TPSA) is 110 Å². The van der Waals surface area contributed by atoms with Crippen molar-refractivity contribution in [2.45, 2.75) is 52.6 Å². The highest BCUT2D eigenvalue weighted by Crippen LogP contribution is 2.30. The highest BCUT2D eigenvalue weighted by atomic mass is 16.2. The van der Waals surface area contributed by atoms with Crippen LogP contribution in [-0.4, -0.2) is 47.5 Å². The van der Waals surface area contributed by atoms with Crippen LogP contribution in [0.25, 0.3) is 22.5 Å². The number of H-pyrrole nitrogens is 1. The number of carbonyl (C=O) groups excluding carboxylic acids is 1. The van der Waals surface area contributed by atoms with E-state index < -0.39 is 0 Å². The Bertz CT molecular complexity index is 1430. The largest absolute Gasteiger partial charge is 0.338 e. The zero-order valence-corrected chi connectivity index (χ0v) is 20.6. The highest BCUT2D eigenvalue weighted by molar-refractivity contribution is 5.80. The van der Waals surface area contributed by atoms with Gasteiger partial charge in [0, 0.05) is 31.9 Å². The molecular formula is C27H29N7O2. The molecule has 0 aliphatic carbocycles. The fourth-order valence-electron chi connectivity index (χ4n) is 4.71. The van der Waals surface area contributed by atoms with Crippen molar-refractivity contribution in [3.8, 4) is 22.5 Å². The van der Waals surface area contributed by atoms with E-state index in [1.807, 2.05) is 36.4 Å². The maximum atomic E-state index is 13.6. The molecule has 9 heteroatoms. The molecule has 3 heterocycles. The van der Waals surface area contributed by atoms with Crippen molar-refractivity contribution in [3.63, 3.8) is 0 Å². The van der Waals surface area contributed by atoms with Crippen LogP contribution in [-0.2, 0) is 30.7 Å². The standard InChI is InChI=1S/C27H29N7O2/c1-3-4-9-25-28-24-14-15-33(18(2)35)17-23(24)27(36)34(25)16-19-10-12-20(13-11-19)21-7-5-6-8-22(21)26-29-31-32-30-26/h5-8,10-13H,3-4,9,14-17H2,1-2H3,(H,29,30,31,32). The van der Waals surface area contributed by atoms with Gasteiger partial charge in [-0.05, 0) is 33.5 Å². The van der Waals surface area contributed by atoms with Gasteiger partial charge in [0.2, 0.25) is 5.91 Å². The van der Waals surface area contributed by atoms with Crippen LogP contribution in [0, 0.1) is 0 Å². The number of hydrogen-bond donors (Lipinski definition) is 1. The number of fused-ring (bicyclic) bond motifs is 1. The monoisotopic (exact) mass is 483 g/mol. The molecule has 1 aliphatic heterocycles. The Labute approximate surface area is 209 Å². The van der Waals surface area contributed by atoms with E-state index in [1.54, 1.807) is 16.4 Å². The lowest BCUT2D eigenvalue weighted by Gasteiger charge is -2.28. The molecule has 0 spiro atoms. The van der Waals surface area contributed by atoms with E-state index in [4.69, 9.17) is 4.98 Å². The first-order chi connectivity index (χ1) is 17.5. The summed E-state index contributed by atoms with van der Waals surface area (Å²) >= 11 is 0. The minimum Gasteiger partial charge on any atom is -0.338 e. The second kappa shape index (κ2) is 10.2. The second-order valence-corrected chi connectivity index (χ2v) is 9.13. The summed E-state index contributed by atoms with van der Waals surface area (Å²) in [4.78, 5) is 32.2. The minimum atomic E-state index is -0.0377. The predicted octanol–water partition coefficient (Wildman–Crippen LogP) is 3.39. The van der Waals surface area contributed by atoms with E-state index in [1.165, 1.54) is 0 Å². The van der Waals surface area contributed by atoms with Gasteiger partial charge in [-0.15, -0.1) is 5.10 Å². The number of aryl methyl sites for hydroxylation is 1. The van der Waals surface area contributed by atoms with Crippen LogP contribution < -0.4 is 5.56 Å². The molecule has 36 heavy (non-hydrogen) atoms. The molecule has 2 aromatic carbocycles. The van der Waals surface area contributed by atoms with Crippen LogP contribution >= 0.6 is 0 Å². The highest BCUT2D eigenvalue weighted by Gasteiger charge is 2.24. The number of nitrogens with one attached hydrogen (secondary N) is 1. The van der Waals surface area contributed by atoms with Crippen LogP contribution in [0.2, 0.25) is 0 Å². The number of hydrogen-bond acceptors (Lipinski definition) is 6. The molecule has 0 saturated heterocycles. The van der Waals surface area contributed by atoms with Crippen LogP contribution in [0.3, 0.4) is 0 Å². The zero-order valence-electron chi connectivity index (χ0n) is 20.6. The van der Waals surface area contributed by atoms with Gasteiger partial charge < -0.3 is 4.90 Å². The van der Waals surface area contributed by atoms with Crippen molar-refractivity contribution < 1.29 is 4.79 Å². The SMILES string of the molecule is CCCCc1nc2c(c(=O)n1Cc1ccc(-c3ccccc3-c3nnn[nH]3)cc1)CN(C(C)=O)CC2. The molecule has 0 fully saturated rings. The summed E-state index contributed by atoms with van der Waals surface area (Å²) in [5.41, 5.74) is 5.43. The van der Waals surface area contributed by atoms with Gasteiger partial charge >= 0.3 is 0 Å². The lowest BCUT2D eigenvalue weighted by molar-refractivity contribution is -0.129. The lowest BCUT2D eigenvalue weighted by Crippen LogP contribution is -2.41. The average molecular weight is 484 g/mol. The lowest BCUT2D eigenvalue weighted by atomic mass is 9.98. The van der Waals surface area contributed by atoms with Crippen LogP contribution in [0.1, 0.15) is 49.3 Å². The molecule has 184 valence electrons. The van der Waals surface area contributed by atoms with Gasteiger partial charge in [0.1, 0.15) is 5.82 Å². The number of aromatic amines is 1. The number of rotatable bonds is 7. The van der Waals surface area contributed by atoms with E-state index in [2.05, 4.69) is 39.7 Å². The summed E-state index contributed by atoms with van der Waals surface area (Å²) in [5, 5.41) is 14.3. The molecule has 1 amide bonds. The number of amides is 1. The van der Waals surface area contributed by atoms with Crippen molar-refractivity contribution >= 4 is 5.91 Å². The normalized spacial score (nSPS) is 13.0. The molecule has 4 aromatic rings. The maximum absolute atomic E-state index is 13.6. The Hall–Kier alpha value is -4.14. The number of unbranched alkanes of at least 4 members (excludes halogenated alkanes) is 1. The van der Waals surface area contributed by atoms with Crippen LogP contribution in [0.15, 0.2) is 53.3 Å². The molecule has 1 N–H and O–H groups in total. The third-order valence-electron chi connectivity index (χ3n) is 6.73. The first kappa shape index (κ1) is 23.6.